The van der Waals surface area contributed by atoms with E-state index in [2.05, 4.69) is 48.5 Å². The molecule has 3 aromatic carbocycles. The molecule has 0 radical (unpaired) electrons. The fourth-order valence-corrected chi connectivity index (χ4v) is 4.08. The van der Waals surface area contributed by atoms with Crippen molar-refractivity contribution in [1.29, 1.82) is 0 Å². The molecule has 1 aliphatic rings. The molecule has 0 N–H and O–H groups in total. The zero-order valence-corrected chi connectivity index (χ0v) is 17.8. The third-order valence-corrected chi connectivity index (χ3v) is 5.63. The summed E-state index contributed by atoms with van der Waals surface area (Å²) in [6.07, 6.45) is 4.61. The lowest BCUT2D eigenvalue weighted by Crippen LogP contribution is -2.02. The van der Waals surface area contributed by atoms with Crippen molar-refractivity contribution in [2.45, 2.75) is 32.1 Å². The summed E-state index contributed by atoms with van der Waals surface area (Å²) in [6.45, 7) is 2.25. The second-order valence-corrected chi connectivity index (χ2v) is 7.78. The van der Waals surface area contributed by atoms with Crippen molar-refractivity contribution in [2.24, 2.45) is 4.99 Å². The summed E-state index contributed by atoms with van der Waals surface area (Å²) in [5.41, 5.74) is 6.58. The van der Waals surface area contributed by atoms with Gasteiger partial charge in [0.15, 0.2) is 0 Å². The van der Waals surface area contributed by atoms with Crippen LogP contribution in [0.15, 0.2) is 102 Å². The molecule has 3 nitrogen and oxygen atoms in total. The Morgan fingerprint density at radius 2 is 1.55 bits per heavy atom. The average molecular weight is 410 g/mol. The number of hydrogen-bond acceptors (Lipinski definition) is 3. The van der Waals surface area contributed by atoms with Crippen molar-refractivity contribution in [1.82, 2.24) is 0 Å². The maximum atomic E-state index is 11.7. The minimum atomic E-state index is -0.225. The quantitative estimate of drug-likeness (QED) is 0.261. The minimum absolute atomic E-state index is 0.225. The zero-order chi connectivity index (χ0) is 21.5. The summed E-state index contributed by atoms with van der Waals surface area (Å²) in [5.74, 6) is 0.221. The molecule has 156 valence electrons. The van der Waals surface area contributed by atoms with Crippen LogP contribution in [0, 0.1) is 0 Å². The first-order valence-electron chi connectivity index (χ1n) is 10.9. The molecule has 0 bridgehead atoms. The molecule has 1 atom stereocenters. The molecule has 1 aliphatic carbocycles. The van der Waals surface area contributed by atoms with E-state index in [4.69, 9.17) is 9.73 Å². The van der Waals surface area contributed by atoms with E-state index in [9.17, 15) is 4.79 Å². The molecule has 31 heavy (non-hydrogen) atoms. The normalized spacial score (nSPS) is 16.8. The first-order valence-corrected chi connectivity index (χ1v) is 10.9. The Labute approximate surface area is 184 Å². The summed E-state index contributed by atoms with van der Waals surface area (Å²) in [4.78, 5) is 16.7. The van der Waals surface area contributed by atoms with Crippen molar-refractivity contribution < 1.29 is 9.53 Å². The van der Waals surface area contributed by atoms with E-state index in [1.807, 2.05) is 43.3 Å². The van der Waals surface area contributed by atoms with E-state index < -0.39 is 0 Å². The summed E-state index contributed by atoms with van der Waals surface area (Å²) in [7, 11) is 0. The molecule has 0 aliphatic heterocycles. The molecule has 3 aromatic rings. The van der Waals surface area contributed by atoms with E-state index in [-0.39, 0.29) is 5.97 Å². The van der Waals surface area contributed by atoms with Crippen LogP contribution in [-0.4, -0.2) is 18.3 Å². The van der Waals surface area contributed by atoms with Crippen LogP contribution in [0.2, 0.25) is 0 Å². The van der Waals surface area contributed by atoms with E-state index >= 15 is 0 Å². The molecule has 0 saturated heterocycles. The smallest absolute Gasteiger partial charge is 0.330 e. The van der Waals surface area contributed by atoms with Gasteiger partial charge >= 0.3 is 5.97 Å². The fourth-order valence-electron chi connectivity index (χ4n) is 4.08. The second kappa shape index (κ2) is 10.0. The molecule has 1 saturated carbocycles. The highest BCUT2D eigenvalue weighted by atomic mass is 16.5. The maximum absolute atomic E-state index is 11.7. The Hall–Kier alpha value is -3.46. The summed E-state index contributed by atoms with van der Waals surface area (Å²) < 4.78 is 5.04. The van der Waals surface area contributed by atoms with Gasteiger partial charge in [-0.3, -0.25) is 0 Å². The van der Waals surface area contributed by atoms with Gasteiger partial charge in [-0.05, 0) is 49.8 Å². The Morgan fingerprint density at radius 3 is 2.13 bits per heavy atom. The van der Waals surface area contributed by atoms with Crippen molar-refractivity contribution in [2.75, 3.05) is 6.61 Å². The van der Waals surface area contributed by atoms with Crippen LogP contribution in [0.4, 0.5) is 5.69 Å². The van der Waals surface area contributed by atoms with Crippen molar-refractivity contribution in [3.05, 3.63) is 113 Å². The number of ether oxygens (including phenoxy) is 1. The number of hydrogen-bond donors (Lipinski definition) is 0. The van der Waals surface area contributed by atoms with E-state index in [1.54, 1.807) is 6.08 Å². The maximum Gasteiger partial charge on any atom is 0.330 e. The van der Waals surface area contributed by atoms with Crippen LogP contribution in [0.25, 0.3) is 0 Å². The largest absolute Gasteiger partial charge is 0.463 e. The number of aliphatic imine (C=N–C) groups is 1. The molecule has 0 amide bonds. The van der Waals surface area contributed by atoms with Gasteiger partial charge in [-0.1, -0.05) is 78.4 Å². The summed E-state index contributed by atoms with van der Waals surface area (Å²) in [6, 6.07) is 29.1. The Balaban J connectivity index is 1.54. The Morgan fingerprint density at radius 1 is 0.935 bits per heavy atom. The summed E-state index contributed by atoms with van der Waals surface area (Å²) in [5, 5.41) is 0. The van der Waals surface area contributed by atoms with Gasteiger partial charge < -0.3 is 4.74 Å². The van der Waals surface area contributed by atoms with Gasteiger partial charge in [0.05, 0.1) is 18.0 Å². The van der Waals surface area contributed by atoms with Gasteiger partial charge in [0, 0.05) is 17.2 Å². The number of nitrogens with zero attached hydrogens (tertiary/aromatic N) is 1. The predicted molar refractivity (Wildman–Crippen MR) is 126 cm³/mol. The molecule has 0 aromatic heterocycles. The van der Waals surface area contributed by atoms with Crippen LogP contribution in [-0.2, 0) is 9.53 Å². The molecule has 0 unspecified atom stereocenters. The molecular formula is C28H27NO2. The van der Waals surface area contributed by atoms with Crippen molar-refractivity contribution >= 4 is 17.4 Å². The Bertz CT molecular complexity index is 1030. The number of rotatable bonds is 6. The highest BCUT2D eigenvalue weighted by molar-refractivity contribution is 6.13. The van der Waals surface area contributed by atoms with Crippen LogP contribution >= 0.6 is 0 Å². The van der Waals surface area contributed by atoms with Crippen molar-refractivity contribution in [3.63, 3.8) is 0 Å². The molecular weight excluding hydrogens is 382 g/mol. The van der Waals surface area contributed by atoms with E-state index in [0.717, 1.165) is 41.8 Å². The first-order chi connectivity index (χ1) is 15.2. The fraction of sp³-hybridized carbons (Fsp3) is 0.214. The Kier molecular flexibility index (Phi) is 6.73. The molecule has 3 heteroatoms. The molecule has 0 heterocycles. The van der Waals surface area contributed by atoms with Gasteiger partial charge in [-0.2, -0.15) is 0 Å². The van der Waals surface area contributed by atoms with Crippen LogP contribution < -0.4 is 0 Å². The second-order valence-electron chi connectivity index (χ2n) is 7.78. The van der Waals surface area contributed by atoms with Crippen LogP contribution in [0.3, 0.4) is 0 Å². The van der Waals surface area contributed by atoms with Gasteiger partial charge in [-0.25, -0.2) is 9.79 Å². The van der Waals surface area contributed by atoms with Crippen LogP contribution in [0.5, 0.6) is 0 Å². The first kappa shape index (κ1) is 20.8. The third kappa shape index (κ3) is 5.37. The monoisotopic (exact) mass is 409 g/mol. The van der Waals surface area contributed by atoms with Crippen LogP contribution in [0.1, 0.15) is 48.8 Å². The zero-order valence-electron chi connectivity index (χ0n) is 17.8. The van der Waals surface area contributed by atoms with Gasteiger partial charge in [0.1, 0.15) is 0 Å². The van der Waals surface area contributed by atoms with E-state index in [1.165, 1.54) is 11.1 Å². The highest BCUT2D eigenvalue weighted by Gasteiger charge is 2.22. The standard InChI is InChI=1S/C28H27NO2/c1-2-31-27(30)20-21-13-14-25(19-21)22-15-17-26(18-16-22)29-28(23-9-5-3-6-10-23)24-11-7-4-8-12-24/h3-12,15-18,20,25H,2,13-14,19H2,1H3/b21-20+/t25-/m0/s1. The topological polar surface area (TPSA) is 38.7 Å². The highest BCUT2D eigenvalue weighted by Crippen LogP contribution is 2.38. The third-order valence-electron chi connectivity index (χ3n) is 5.63. The van der Waals surface area contributed by atoms with Gasteiger partial charge in [0.2, 0.25) is 0 Å². The summed E-state index contributed by atoms with van der Waals surface area (Å²) >= 11 is 0. The molecule has 4 rings (SSSR count). The minimum Gasteiger partial charge on any atom is -0.463 e. The lowest BCUT2D eigenvalue weighted by Gasteiger charge is -2.11. The number of benzene rings is 3. The number of carbonyl (C=O) groups is 1. The van der Waals surface area contributed by atoms with Gasteiger partial charge in [0.25, 0.3) is 0 Å². The number of allylic oxidation sites excluding steroid dienone is 1. The van der Waals surface area contributed by atoms with Crippen molar-refractivity contribution in [3.8, 4) is 0 Å². The molecule has 1 fully saturated rings. The number of carbonyl (C=O) groups excluding carboxylic acids is 1. The SMILES string of the molecule is CCOC(=O)/C=C1\CC[C@H](c2ccc(N=C(c3ccccc3)c3ccccc3)cc2)C1. The lowest BCUT2D eigenvalue weighted by molar-refractivity contribution is -0.137. The van der Waals surface area contributed by atoms with Gasteiger partial charge in [-0.15, -0.1) is 0 Å². The molecule has 0 spiro atoms. The average Bonchev–Trinajstić information content (AvgIpc) is 3.27. The predicted octanol–water partition coefficient (Wildman–Crippen LogP) is 6.61. The number of esters is 1. The van der Waals surface area contributed by atoms with E-state index in [0.29, 0.717) is 12.5 Å². The lowest BCUT2D eigenvalue weighted by atomic mass is 9.97.